The van der Waals surface area contributed by atoms with Crippen LogP contribution in [0.3, 0.4) is 0 Å². The fraction of sp³-hybridized carbons (Fsp3) is 0.364. The predicted molar refractivity (Wildman–Crippen MR) is 115 cm³/mol. The number of likely N-dealkylation sites (N-methyl/N-ethyl adjacent to an activating group) is 1. The lowest BCUT2D eigenvalue weighted by molar-refractivity contribution is 0.00720. The van der Waals surface area contributed by atoms with E-state index in [-0.39, 0.29) is 12.6 Å². The summed E-state index contributed by atoms with van der Waals surface area (Å²) in [7, 11) is 4.18. The minimum Gasteiger partial charge on any atom is -0.491 e. The highest BCUT2D eigenvalue weighted by atomic mass is 16.5. The van der Waals surface area contributed by atoms with Crippen molar-refractivity contribution in [1.29, 1.82) is 0 Å². The number of nitrogens with zero attached hydrogens (tertiary/aromatic N) is 4. The minimum atomic E-state index is -0.507. The highest BCUT2D eigenvalue weighted by Gasteiger charge is 2.29. The summed E-state index contributed by atoms with van der Waals surface area (Å²) in [6, 6.07) is 12.7. The number of ether oxygens (including phenoxy) is 1. The minimum absolute atomic E-state index is 0.263. The van der Waals surface area contributed by atoms with E-state index in [1.54, 1.807) is 12.4 Å². The van der Waals surface area contributed by atoms with Crippen LogP contribution in [0.25, 0.3) is 21.9 Å². The Hall–Kier alpha value is -2.74. The number of nitrogen functional groups attached to an aromatic ring is 1. The van der Waals surface area contributed by atoms with Gasteiger partial charge >= 0.3 is 0 Å². The molecule has 29 heavy (non-hydrogen) atoms. The molecule has 0 amide bonds. The van der Waals surface area contributed by atoms with Gasteiger partial charge in [0, 0.05) is 43.6 Å². The van der Waals surface area contributed by atoms with E-state index in [0.717, 1.165) is 40.7 Å². The van der Waals surface area contributed by atoms with Gasteiger partial charge in [-0.05, 0) is 48.6 Å². The van der Waals surface area contributed by atoms with Crippen molar-refractivity contribution in [3.8, 4) is 16.9 Å². The Balaban J connectivity index is 1.38. The predicted octanol–water partition coefficient (Wildman–Crippen LogP) is 1.86. The molecule has 152 valence electrons. The number of rotatable bonds is 7. The summed E-state index contributed by atoms with van der Waals surface area (Å²) in [6.45, 7) is 2.91. The zero-order valence-corrected chi connectivity index (χ0v) is 16.8. The van der Waals surface area contributed by atoms with Gasteiger partial charge in [-0.15, -0.1) is 0 Å². The number of hydrogen-bond acceptors (Lipinski definition) is 7. The van der Waals surface area contributed by atoms with Crippen LogP contribution < -0.4 is 10.5 Å². The van der Waals surface area contributed by atoms with E-state index in [1.165, 1.54) is 0 Å². The van der Waals surface area contributed by atoms with Crippen LogP contribution in [-0.4, -0.2) is 77.4 Å². The first-order valence-corrected chi connectivity index (χ1v) is 9.79. The van der Waals surface area contributed by atoms with E-state index in [0.29, 0.717) is 12.6 Å². The number of aliphatic hydroxyl groups excluding tert-OH is 1. The quantitative estimate of drug-likeness (QED) is 0.633. The van der Waals surface area contributed by atoms with Crippen LogP contribution in [0.15, 0.2) is 48.8 Å². The van der Waals surface area contributed by atoms with Crippen molar-refractivity contribution < 1.29 is 9.84 Å². The van der Waals surface area contributed by atoms with Crippen molar-refractivity contribution in [2.75, 3.05) is 46.1 Å². The molecule has 7 nitrogen and oxygen atoms in total. The molecule has 1 aliphatic heterocycles. The number of aliphatic hydroxyl groups is 1. The molecule has 0 radical (unpaired) electrons. The molecule has 1 aliphatic rings. The molecule has 7 heteroatoms. The summed E-state index contributed by atoms with van der Waals surface area (Å²) >= 11 is 0. The maximum absolute atomic E-state index is 10.3. The lowest BCUT2D eigenvalue weighted by Crippen LogP contribution is -2.59. The largest absolute Gasteiger partial charge is 0.491 e. The normalized spacial score (nSPS) is 16.1. The molecule has 3 N–H and O–H groups in total. The van der Waals surface area contributed by atoms with Crippen LogP contribution in [-0.2, 0) is 0 Å². The molecule has 1 unspecified atom stereocenters. The molecule has 4 rings (SSSR count). The second-order valence-corrected chi connectivity index (χ2v) is 7.85. The van der Waals surface area contributed by atoms with Gasteiger partial charge in [0.05, 0.1) is 0 Å². The van der Waals surface area contributed by atoms with E-state index in [4.69, 9.17) is 10.5 Å². The van der Waals surface area contributed by atoms with Gasteiger partial charge in [0.25, 0.3) is 0 Å². The van der Waals surface area contributed by atoms with Crippen LogP contribution in [0.5, 0.6) is 5.75 Å². The molecule has 0 aliphatic carbocycles. The first kappa shape index (κ1) is 19.6. The summed E-state index contributed by atoms with van der Waals surface area (Å²) in [6.07, 6.45) is 2.93. The van der Waals surface area contributed by atoms with Crippen molar-refractivity contribution in [3.63, 3.8) is 0 Å². The number of hydrogen-bond donors (Lipinski definition) is 2. The standard InChI is InChI=1S/C22H27N5O2/c1-26(2)19-11-27(12-19)13-20(28)14-29-21-6-5-15-3-4-16(7-17(15)8-21)18-9-24-22(23)25-10-18/h3-10,19-20,28H,11-14H2,1-2H3,(H2,23,24,25). The van der Waals surface area contributed by atoms with Gasteiger partial charge in [-0.1, -0.05) is 18.2 Å². The average Bonchev–Trinajstić information content (AvgIpc) is 2.68. The Bertz CT molecular complexity index is 971. The number of nitrogens with two attached hydrogens (primary N) is 1. The maximum Gasteiger partial charge on any atom is 0.219 e. The molecular formula is C22H27N5O2. The van der Waals surface area contributed by atoms with Gasteiger partial charge in [0.2, 0.25) is 5.95 Å². The van der Waals surface area contributed by atoms with Crippen LogP contribution in [0.4, 0.5) is 5.95 Å². The van der Waals surface area contributed by atoms with Crippen LogP contribution >= 0.6 is 0 Å². The Morgan fingerprint density at radius 1 is 1.10 bits per heavy atom. The van der Waals surface area contributed by atoms with Gasteiger partial charge in [0.1, 0.15) is 18.5 Å². The Kier molecular flexibility index (Phi) is 5.62. The Labute approximate surface area is 170 Å². The first-order chi connectivity index (χ1) is 14.0. The molecular weight excluding hydrogens is 366 g/mol. The lowest BCUT2D eigenvalue weighted by atomic mass is 10.0. The molecule has 2 heterocycles. The molecule has 1 atom stereocenters. The molecule has 1 saturated heterocycles. The molecule has 0 spiro atoms. The second kappa shape index (κ2) is 8.32. The number of likely N-dealkylation sites (tertiary alicyclic amines) is 1. The van der Waals surface area contributed by atoms with E-state index in [2.05, 4.69) is 46.0 Å². The van der Waals surface area contributed by atoms with Crippen molar-refractivity contribution in [3.05, 3.63) is 48.8 Å². The number of fused-ring (bicyclic) bond motifs is 1. The van der Waals surface area contributed by atoms with Crippen molar-refractivity contribution in [2.24, 2.45) is 0 Å². The Morgan fingerprint density at radius 3 is 2.55 bits per heavy atom. The molecule has 2 aromatic carbocycles. The van der Waals surface area contributed by atoms with Gasteiger partial charge in [-0.2, -0.15) is 0 Å². The average molecular weight is 393 g/mol. The fourth-order valence-corrected chi connectivity index (χ4v) is 3.54. The third kappa shape index (κ3) is 4.64. The fourth-order valence-electron chi connectivity index (χ4n) is 3.54. The van der Waals surface area contributed by atoms with Gasteiger partial charge in [-0.3, -0.25) is 4.90 Å². The van der Waals surface area contributed by atoms with Gasteiger partial charge in [0.15, 0.2) is 0 Å². The first-order valence-electron chi connectivity index (χ1n) is 9.79. The summed E-state index contributed by atoms with van der Waals surface area (Å²) in [4.78, 5) is 12.6. The SMILES string of the molecule is CN(C)C1CN(CC(O)COc2ccc3ccc(-c4cnc(N)nc4)cc3c2)C1. The van der Waals surface area contributed by atoms with Crippen molar-refractivity contribution in [2.45, 2.75) is 12.1 Å². The zero-order valence-electron chi connectivity index (χ0n) is 16.8. The summed E-state index contributed by atoms with van der Waals surface area (Å²) in [5.41, 5.74) is 7.50. The summed E-state index contributed by atoms with van der Waals surface area (Å²) < 4.78 is 5.85. The van der Waals surface area contributed by atoms with Crippen molar-refractivity contribution in [1.82, 2.24) is 19.8 Å². The van der Waals surface area contributed by atoms with E-state index >= 15 is 0 Å². The van der Waals surface area contributed by atoms with E-state index in [9.17, 15) is 5.11 Å². The maximum atomic E-state index is 10.3. The third-order valence-electron chi connectivity index (χ3n) is 5.40. The topological polar surface area (TPSA) is 87.7 Å². The number of β-amino-alcohol motifs (C(OH)–C–C–N with tert-alkyl or cyclic N) is 1. The molecule has 0 saturated carbocycles. The third-order valence-corrected chi connectivity index (χ3v) is 5.40. The van der Waals surface area contributed by atoms with Crippen LogP contribution in [0.2, 0.25) is 0 Å². The zero-order chi connectivity index (χ0) is 20.4. The highest BCUT2D eigenvalue weighted by molar-refractivity contribution is 5.88. The van der Waals surface area contributed by atoms with Crippen LogP contribution in [0, 0.1) is 0 Å². The summed E-state index contributed by atoms with van der Waals surface area (Å²) in [5.74, 6) is 1.01. The van der Waals surface area contributed by atoms with Gasteiger partial charge < -0.3 is 20.5 Å². The molecule has 0 bridgehead atoms. The monoisotopic (exact) mass is 393 g/mol. The number of benzene rings is 2. The Morgan fingerprint density at radius 2 is 1.83 bits per heavy atom. The van der Waals surface area contributed by atoms with Crippen LogP contribution in [0.1, 0.15) is 0 Å². The molecule has 3 aromatic rings. The number of anilines is 1. The van der Waals surface area contributed by atoms with Crippen molar-refractivity contribution >= 4 is 16.7 Å². The van der Waals surface area contributed by atoms with E-state index < -0.39 is 6.10 Å². The second-order valence-electron chi connectivity index (χ2n) is 7.85. The smallest absolute Gasteiger partial charge is 0.219 e. The molecule has 1 fully saturated rings. The highest BCUT2D eigenvalue weighted by Crippen LogP contribution is 2.27. The number of aromatic nitrogens is 2. The van der Waals surface area contributed by atoms with E-state index in [1.807, 2.05) is 24.3 Å². The van der Waals surface area contributed by atoms with Gasteiger partial charge in [-0.25, -0.2) is 9.97 Å². The summed E-state index contributed by atoms with van der Waals surface area (Å²) in [5, 5.41) is 12.5. The lowest BCUT2D eigenvalue weighted by Gasteiger charge is -2.43. The molecule has 1 aromatic heterocycles.